The molecule has 1 saturated carbocycles. The molecule has 18 heavy (non-hydrogen) atoms. The first-order valence-corrected chi connectivity index (χ1v) is 6.67. The highest BCUT2D eigenvalue weighted by Gasteiger charge is 2.20. The van der Waals surface area contributed by atoms with E-state index in [9.17, 15) is 0 Å². The van der Waals surface area contributed by atoms with Gasteiger partial charge in [-0.05, 0) is 25.2 Å². The molecule has 1 aliphatic carbocycles. The van der Waals surface area contributed by atoms with Crippen LogP contribution in [0.5, 0.6) is 0 Å². The van der Waals surface area contributed by atoms with E-state index in [0.29, 0.717) is 19.5 Å². The third-order valence-corrected chi connectivity index (χ3v) is 2.91. The Labute approximate surface area is 107 Å². The van der Waals surface area contributed by atoms with Crippen LogP contribution in [-0.2, 0) is 17.8 Å². The molecule has 2 N–H and O–H groups in total. The number of aliphatic hydroxyl groups excluding tert-OH is 1. The lowest BCUT2D eigenvalue weighted by atomic mass is 10.4. The smallest absolute Gasteiger partial charge is 0.0964 e. The SMILES string of the molecule is OCCCn1cc(CNCCOCC2CC2)nn1. The maximum atomic E-state index is 8.71. The predicted octanol–water partition coefficient (Wildman–Crippen LogP) is 0.177. The van der Waals surface area contributed by atoms with Crippen LogP contribution in [-0.4, -0.2) is 46.5 Å². The molecule has 0 aliphatic heterocycles. The van der Waals surface area contributed by atoms with Gasteiger partial charge in [0.1, 0.15) is 0 Å². The van der Waals surface area contributed by atoms with E-state index >= 15 is 0 Å². The summed E-state index contributed by atoms with van der Waals surface area (Å²) in [5.41, 5.74) is 0.926. The number of aryl methyl sites for hydroxylation is 1. The van der Waals surface area contributed by atoms with Crippen molar-refractivity contribution < 1.29 is 9.84 Å². The fourth-order valence-electron chi connectivity index (χ4n) is 1.66. The summed E-state index contributed by atoms with van der Waals surface area (Å²) in [5, 5.41) is 20.0. The third-order valence-electron chi connectivity index (χ3n) is 2.91. The van der Waals surface area contributed by atoms with E-state index in [1.165, 1.54) is 12.8 Å². The Kier molecular flexibility index (Phi) is 5.57. The van der Waals surface area contributed by atoms with Gasteiger partial charge in [0.2, 0.25) is 0 Å². The van der Waals surface area contributed by atoms with E-state index in [-0.39, 0.29) is 6.61 Å². The number of nitrogens with zero attached hydrogens (tertiary/aromatic N) is 3. The Balaban J connectivity index is 1.50. The summed E-state index contributed by atoms with van der Waals surface area (Å²) in [6.45, 7) is 4.14. The number of hydrogen-bond acceptors (Lipinski definition) is 5. The average Bonchev–Trinajstić information content (AvgIpc) is 3.10. The zero-order valence-electron chi connectivity index (χ0n) is 10.7. The molecule has 1 heterocycles. The van der Waals surface area contributed by atoms with E-state index in [4.69, 9.17) is 9.84 Å². The third kappa shape index (κ3) is 5.12. The van der Waals surface area contributed by atoms with Crippen molar-refractivity contribution in [1.82, 2.24) is 20.3 Å². The highest BCUT2D eigenvalue weighted by Crippen LogP contribution is 2.28. The van der Waals surface area contributed by atoms with Crippen molar-refractivity contribution in [2.24, 2.45) is 5.92 Å². The van der Waals surface area contributed by atoms with Gasteiger partial charge in [0, 0.05) is 39.0 Å². The second-order valence-corrected chi connectivity index (χ2v) is 4.75. The molecular weight excluding hydrogens is 232 g/mol. The Bertz CT molecular complexity index is 339. The monoisotopic (exact) mass is 254 g/mol. The number of aliphatic hydroxyl groups is 1. The summed E-state index contributed by atoms with van der Waals surface area (Å²) in [7, 11) is 0. The van der Waals surface area contributed by atoms with Crippen LogP contribution in [0.2, 0.25) is 0 Å². The van der Waals surface area contributed by atoms with Gasteiger partial charge in [-0.2, -0.15) is 0 Å². The van der Waals surface area contributed by atoms with Crippen molar-refractivity contribution >= 4 is 0 Å². The molecular formula is C12H22N4O2. The summed E-state index contributed by atoms with van der Waals surface area (Å²) < 4.78 is 7.28. The van der Waals surface area contributed by atoms with Crippen LogP contribution in [0.1, 0.15) is 25.0 Å². The second-order valence-electron chi connectivity index (χ2n) is 4.75. The Morgan fingerprint density at radius 1 is 1.50 bits per heavy atom. The summed E-state index contributed by atoms with van der Waals surface area (Å²) in [5.74, 6) is 0.830. The molecule has 0 radical (unpaired) electrons. The van der Waals surface area contributed by atoms with Gasteiger partial charge in [-0.15, -0.1) is 5.10 Å². The highest BCUT2D eigenvalue weighted by molar-refractivity contribution is 4.91. The first-order chi connectivity index (χ1) is 8.88. The minimum atomic E-state index is 0.186. The van der Waals surface area contributed by atoms with Gasteiger partial charge >= 0.3 is 0 Å². The zero-order valence-corrected chi connectivity index (χ0v) is 10.7. The van der Waals surface area contributed by atoms with Crippen molar-refractivity contribution in [3.8, 4) is 0 Å². The molecule has 6 nitrogen and oxygen atoms in total. The van der Waals surface area contributed by atoms with Crippen LogP contribution >= 0.6 is 0 Å². The van der Waals surface area contributed by atoms with Gasteiger partial charge in [-0.1, -0.05) is 5.21 Å². The topological polar surface area (TPSA) is 72.2 Å². The molecule has 6 heteroatoms. The number of aromatic nitrogens is 3. The fraction of sp³-hybridized carbons (Fsp3) is 0.833. The first kappa shape index (κ1) is 13.5. The zero-order chi connectivity index (χ0) is 12.6. The van der Waals surface area contributed by atoms with Gasteiger partial charge < -0.3 is 15.2 Å². The number of hydrogen-bond donors (Lipinski definition) is 2. The quantitative estimate of drug-likeness (QED) is 0.583. The first-order valence-electron chi connectivity index (χ1n) is 6.67. The summed E-state index contributed by atoms with van der Waals surface area (Å²) in [6.07, 6.45) is 5.30. The lowest BCUT2D eigenvalue weighted by Gasteiger charge is -2.03. The normalized spacial score (nSPS) is 15.2. The lowest BCUT2D eigenvalue weighted by Crippen LogP contribution is -2.20. The van der Waals surface area contributed by atoms with E-state index in [1.807, 2.05) is 6.20 Å². The summed E-state index contributed by atoms with van der Waals surface area (Å²) in [6, 6.07) is 0. The van der Waals surface area contributed by atoms with Crippen LogP contribution in [0, 0.1) is 5.92 Å². The van der Waals surface area contributed by atoms with Gasteiger partial charge in [0.15, 0.2) is 0 Å². The lowest BCUT2D eigenvalue weighted by molar-refractivity contribution is 0.126. The minimum absolute atomic E-state index is 0.186. The Morgan fingerprint density at radius 3 is 3.17 bits per heavy atom. The molecule has 0 saturated heterocycles. The largest absolute Gasteiger partial charge is 0.396 e. The van der Waals surface area contributed by atoms with Crippen LogP contribution < -0.4 is 5.32 Å². The number of rotatable bonds is 10. The summed E-state index contributed by atoms with van der Waals surface area (Å²) in [4.78, 5) is 0. The maximum absolute atomic E-state index is 8.71. The second kappa shape index (κ2) is 7.45. The molecule has 1 aromatic heterocycles. The molecule has 1 aliphatic rings. The molecule has 0 bridgehead atoms. The molecule has 102 valence electrons. The Morgan fingerprint density at radius 2 is 2.39 bits per heavy atom. The van der Waals surface area contributed by atoms with Crippen LogP contribution in [0.3, 0.4) is 0 Å². The van der Waals surface area contributed by atoms with E-state index in [1.54, 1.807) is 4.68 Å². The standard InChI is InChI=1S/C12H22N4O2/c17-6-1-5-16-9-12(14-15-16)8-13-4-7-18-10-11-2-3-11/h9,11,13,17H,1-8,10H2. The van der Waals surface area contributed by atoms with Gasteiger partial charge in [0.25, 0.3) is 0 Å². The van der Waals surface area contributed by atoms with Crippen molar-refractivity contribution in [2.75, 3.05) is 26.4 Å². The number of nitrogens with one attached hydrogen (secondary N) is 1. The van der Waals surface area contributed by atoms with Crippen LogP contribution in [0.15, 0.2) is 6.20 Å². The van der Waals surface area contributed by atoms with Crippen molar-refractivity contribution in [2.45, 2.75) is 32.4 Å². The molecule has 0 aromatic carbocycles. The van der Waals surface area contributed by atoms with Crippen molar-refractivity contribution in [3.63, 3.8) is 0 Å². The molecule has 1 fully saturated rings. The van der Waals surface area contributed by atoms with Gasteiger partial charge in [-0.3, -0.25) is 4.68 Å². The molecule has 0 amide bonds. The molecule has 0 spiro atoms. The summed E-state index contributed by atoms with van der Waals surface area (Å²) >= 11 is 0. The van der Waals surface area contributed by atoms with E-state index in [0.717, 1.165) is 31.4 Å². The van der Waals surface area contributed by atoms with Crippen molar-refractivity contribution in [1.29, 1.82) is 0 Å². The average molecular weight is 254 g/mol. The molecule has 1 aromatic rings. The van der Waals surface area contributed by atoms with E-state index < -0.39 is 0 Å². The van der Waals surface area contributed by atoms with E-state index in [2.05, 4.69) is 15.6 Å². The number of ether oxygens (including phenoxy) is 1. The maximum Gasteiger partial charge on any atom is 0.0964 e. The van der Waals surface area contributed by atoms with Crippen molar-refractivity contribution in [3.05, 3.63) is 11.9 Å². The molecule has 2 rings (SSSR count). The molecule has 0 unspecified atom stereocenters. The van der Waals surface area contributed by atoms with Crippen LogP contribution in [0.25, 0.3) is 0 Å². The minimum Gasteiger partial charge on any atom is -0.396 e. The van der Waals surface area contributed by atoms with Gasteiger partial charge in [-0.25, -0.2) is 0 Å². The van der Waals surface area contributed by atoms with Gasteiger partial charge in [0.05, 0.1) is 12.3 Å². The highest BCUT2D eigenvalue weighted by atomic mass is 16.5. The van der Waals surface area contributed by atoms with Crippen LogP contribution in [0.4, 0.5) is 0 Å². The predicted molar refractivity (Wildman–Crippen MR) is 67.0 cm³/mol. The Hall–Kier alpha value is -0.980. The molecule has 0 atom stereocenters. The fourth-order valence-corrected chi connectivity index (χ4v) is 1.66.